The molecule has 0 aliphatic carbocycles. The first-order valence-corrected chi connectivity index (χ1v) is 9.86. The maximum Gasteiger partial charge on any atom is 0.338 e. The van der Waals surface area contributed by atoms with Gasteiger partial charge in [0, 0.05) is 42.3 Å². The van der Waals surface area contributed by atoms with Crippen molar-refractivity contribution in [2.24, 2.45) is 10.7 Å². The number of nitriles is 1. The summed E-state index contributed by atoms with van der Waals surface area (Å²) in [5.41, 5.74) is 11.7. The van der Waals surface area contributed by atoms with Crippen LogP contribution in [0, 0.1) is 25.2 Å². The number of cyclic esters (lactones) is 1. The Morgan fingerprint density at radius 2 is 2.26 bits per heavy atom. The molecule has 0 amide bonds. The molecular formula is C23H25N5O3. The van der Waals surface area contributed by atoms with Gasteiger partial charge in [0.2, 0.25) is 0 Å². The summed E-state index contributed by atoms with van der Waals surface area (Å²) < 4.78 is 5.07. The van der Waals surface area contributed by atoms with Crippen LogP contribution in [0.5, 0.6) is 0 Å². The number of allylic oxidation sites excluding steroid dienone is 1. The highest BCUT2D eigenvalue weighted by atomic mass is 16.5. The third-order valence-corrected chi connectivity index (χ3v) is 5.30. The predicted molar refractivity (Wildman–Crippen MR) is 117 cm³/mol. The van der Waals surface area contributed by atoms with E-state index in [2.05, 4.69) is 21.4 Å². The number of hydrogen-bond acceptors (Lipinski definition) is 8. The molecule has 160 valence electrons. The standard InChI is InChI=1S/C23H25N5O3/c1-13-6-22(27-9-16(13)7-24)28-10-17(15(3)25)8-26-11-21(29)18-4-5-19-20(14(18)2)12-31-23(19)30/h4-6,9-10,21,26,29H,8,11-12,25H2,1-3H3/t21-/m0/s1. The van der Waals surface area contributed by atoms with E-state index >= 15 is 0 Å². The Labute approximate surface area is 181 Å². The van der Waals surface area contributed by atoms with Gasteiger partial charge in [-0.2, -0.15) is 5.26 Å². The van der Waals surface area contributed by atoms with Gasteiger partial charge in [0.15, 0.2) is 5.82 Å². The number of carbonyl (C=O) groups excluding carboxylic acids is 1. The topological polar surface area (TPSA) is 134 Å². The summed E-state index contributed by atoms with van der Waals surface area (Å²) in [4.78, 5) is 20.2. The highest BCUT2D eigenvalue weighted by Gasteiger charge is 2.25. The van der Waals surface area contributed by atoms with E-state index in [0.29, 0.717) is 35.7 Å². The van der Waals surface area contributed by atoms with Crippen LogP contribution < -0.4 is 11.1 Å². The Bertz CT molecular complexity index is 1110. The van der Waals surface area contributed by atoms with Crippen LogP contribution in [0.2, 0.25) is 0 Å². The van der Waals surface area contributed by atoms with Crippen molar-refractivity contribution in [3.05, 3.63) is 69.0 Å². The highest BCUT2D eigenvalue weighted by molar-refractivity contribution is 5.94. The van der Waals surface area contributed by atoms with Gasteiger partial charge in [0.05, 0.1) is 17.2 Å². The number of nitrogens with zero attached hydrogens (tertiary/aromatic N) is 3. The monoisotopic (exact) mass is 419 g/mol. The fourth-order valence-corrected chi connectivity index (χ4v) is 3.34. The summed E-state index contributed by atoms with van der Waals surface area (Å²) in [5, 5.41) is 22.8. The van der Waals surface area contributed by atoms with E-state index in [4.69, 9.17) is 15.7 Å². The van der Waals surface area contributed by atoms with Crippen LogP contribution in [0.25, 0.3) is 0 Å². The number of aryl methyl sites for hydroxylation is 1. The van der Waals surface area contributed by atoms with Crippen LogP contribution in [-0.2, 0) is 11.3 Å². The number of nitrogens with one attached hydrogen (secondary N) is 1. The zero-order valence-electron chi connectivity index (χ0n) is 17.8. The van der Waals surface area contributed by atoms with E-state index in [1.165, 1.54) is 6.20 Å². The minimum atomic E-state index is -0.750. The molecule has 1 atom stereocenters. The Kier molecular flexibility index (Phi) is 6.80. The number of aliphatic hydroxyl groups excluding tert-OH is 1. The van der Waals surface area contributed by atoms with Crippen molar-refractivity contribution in [2.75, 3.05) is 13.1 Å². The second-order valence-electron chi connectivity index (χ2n) is 7.46. The number of aliphatic imine (C=N–C) groups is 1. The van der Waals surface area contributed by atoms with Crippen molar-refractivity contribution in [3.63, 3.8) is 0 Å². The average molecular weight is 419 g/mol. The summed E-state index contributed by atoms with van der Waals surface area (Å²) >= 11 is 0. The van der Waals surface area contributed by atoms with Gasteiger partial charge in [-0.15, -0.1) is 0 Å². The number of nitrogens with two attached hydrogens (primary N) is 1. The van der Waals surface area contributed by atoms with Crippen molar-refractivity contribution in [3.8, 4) is 6.07 Å². The van der Waals surface area contributed by atoms with Crippen molar-refractivity contribution in [1.82, 2.24) is 10.3 Å². The number of esters is 1. The number of fused-ring (bicyclic) bond motifs is 1. The lowest BCUT2D eigenvalue weighted by Crippen LogP contribution is -2.26. The summed E-state index contributed by atoms with van der Waals surface area (Å²) in [6, 6.07) is 7.27. The number of benzene rings is 1. The van der Waals surface area contributed by atoms with E-state index in [9.17, 15) is 9.90 Å². The largest absolute Gasteiger partial charge is 0.457 e. The molecule has 3 rings (SSSR count). The Hall–Kier alpha value is -3.54. The number of hydrogen-bond donors (Lipinski definition) is 3. The van der Waals surface area contributed by atoms with Crippen LogP contribution in [0.3, 0.4) is 0 Å². The maximum atomic E-state index is 11.7. The van der Waals surface area contributed by atoms with E-state index in [1.54, 1.807) is 31.3 Å². The first-order valence-electron chi connectivity index (χ1n) is 9.86. The van der Waals surface area contributed by atoms with Gasteiger partial charge in [0.1, 0.15) is 12.7 Å². The van der Waals surface area contributed by atoms with Crippen LogP contribution in [0.15, 0.2) is 40.7 Å². The third kappa shape index (κ3) is 4.97. The zero-order chi connectivity index (χ0) is 22.5. The molecule has 0 fully saturated rings. The molecule has 0 spiro atoms. The first kappa shape index (κ1) is 22.2. The van der Waals surface area contributed by atoms with Crippen molar-refractivity contribution >= 4 is 18.0 Å². The molecule has 4 N–H and O–H groups in total. The molecule has 1 aliphatic heterocycles. The molecule has 0 radical (unpaired) electrons. The zero-order valence-corrected chi connectivity index (χ0v) is 17.8. The van der Waals surface area contributed by atoms with Crippen LogP contribution >= 0.6 is 0 Å². The maximum absolute atomic E-state index is 11.7. The number of ether oxygens (including phenoxy) is 1. The number of carbonyl (C=O) groups is 1. The summed E-state index contributed by atoms with van der Waals surface area (Å²) in [5.74, 6) is 0.164. The molecule has 2 heterocycles. The summed E-state index contributed by atoms with van der Waals surface area (Å²) in [7, 11) is 0. The molecule has 1 aliphatic rings. The lowest BCUT2D eigenvalue weighted by molar-refractivity contribution is 0.0535. The number of pyridine rings is 1. The summed E-state index contributed by atoms with van der Waals surface area (Å²) in [6.07, 6.45) is 2.37. The predicted octanol–water partition coefficient (Wildman–Crippen LogP) is 2.50. The van der Waals surface area contributed by atoms with E-state index in [1.807, 2.05) is 13.8 Å². The van der Waals surface area contributed by atoms with Gasteiger partial charge < -0.3 is 20.9 Å². The lowest BCUT2D eigenvalue weighted by Gasteiger charge is -2.16. The van der Waals surface area contributed by atoms with Gasteiger partial charge in [-0.3, -0.25) is 0 Å². The minimum absolute atomic E-state index is 0.243. The number of aromatic nitrogens is 1. The van der Waals surface area contributed by atoms with Gasteiger partial charge in [-0.05, 0) is 49.6 Å². The molecule has 1 aromatic carbocycles. The molecular weight excluding hydrogens is 394 g/mol. The Morgan fingerprint density at radius 3 is 2.94 bits per heavy atom. The van der Waals surface area contributed by atoms with Crippen molar-refractivity contribution < 1.29 is 14.6 Å². The van der Waals surface area contributed by atoms with E-state index in [0.717, 1.165) is 27.8 Å². The molecule has 0 saturated heterocycles. The highest BCUT2D eigenvalue weighted by Crippen LogP contribution is 2.28. The minimum Gasteiger partial charge on any atom is -0.457 e. The fraction of sp³-hybridized carbons (Fsp3) is 0.304. The van der Waals surface area contributed by atoms with Crippen LogP contribution in [0.4, 0.5) is 5.82 Å². The number of aliphatic hydroxyl groups is 1. The normalized spacial score (nSPS) is 14.7. The molecule has 31 heavy (non-hydrogen) atoms. The second kappa shape index (κ2) is 9.51. The Morgan fingerprint density at radius 1 is 1.48 bits per heavy atom. The first-order chi connectivity index (χ1) is 14.8. The second-order valence-corrected chi connectivity index (χ2v) is 7.46. The van der Waals surface area contributed by atoms with Gasteiger partial charge >= 0.3 is 5.97 Å². The SMILES string of the molecule is CC(N)=C(C=Nc1cc(C)c(C#N)cn1)CNC[C@H](O)c1ccc2c(c1C)COC2=O. The quantitative estimate of drug-likeness (QED) is 0.464. The molecule has 8 heteroatoms. The molecule has 0 bridgehead atoms. The van der Waals surface area contributed by atoms with Crippen LogP contribution in [0.1, 0.15) is 51.2 Å². The van der Waals surface area contributed by atoms with E-state index < -0.39 is 6.10 Å². The molecule has 2 aromatic rings. The lowest BCUT2D eigenvalue weighted by atomic mass is 9.95. The number of rotatable bonds is 7. The molecule has 1 aromatic heterocycles. The third-order valence-electron chi connectivity index (χ3n) is 5.30. The smallest absolute Gasteiger partial charge is 0.338 e. The van der Waals surface area contributed by atoms with Gasteiger partial charge in [-0.1, -0.05) is 6.07 Å². The van der Waals surface area contributed by atoms with E-state index in [-0.39, 0.29) is 12.6 Å². The van der Waals surface area contributed by atoms with Gasteiger partial charge in [-0.25, -0.2) is 14.8 Å². The summed E-state index contributed by atoms with van der Waals surface area (Å²) in [6.45, 7) is 6.44. The van der Waals surface area contributed by atoms with Gasteiger partial charge in [0.25, 0.3) is 0 Å². The molecule has 8 nitrogen and oxygen atoms in total. The average Bonchev–Trinajstić information content (AvgIpc) is 3.12. The van der Waals surface area contributed by atoms with Crippen LogP contribution in [-0.4, -0.2) is 35.4 Å². The fourth-order valence-electron chi connectivity index (χ4n) is 3.34. The molecule has 0 unspecified atom stereocenters. The van der Waals surface area contributed by atoms with Crippen molar-refractivity contribution in [1.29, 1.82) is 5.26 Å². The Balaban J connectivity index is 1.63. The molecule has 0 saturated carbocycles. The van der Waals surface area contributed by atoms with Crippen molar-refractivity contribution in [2.45, 2.75) is 33.5 Å².